The number of rotatable bonds is 6. The van der Waals surface area contributed by atoms with Gasteiger partial charge in [-0.3, -0.25) is 4.79 Å². The van der Waals surface area contributed by atoms with Crippen molar-refractivity contribution < 1.29 is 9.50 Å². The summed E-state index contributed by atoms with van der Waals surface area (Å²) in [5.74, 6) is -0.454. The van der Waals surface area contributed by atoms with Gasteiger partial charge in [-0.05, 0) is 18.9 Å². The molecule has 0 aliphatic heterocycles. The fourth-order valence-corrected chi connectivity index (χ4v) is 3.48. The van der Waals surface area contributed by atoms with Crippen LogP contribution in [-0.2, 0) is 6.42 Å². The molecule has 0 saturated carbocycles. The maximum absolute atomic E-state index is 13.9. The lowest BCUT2D eigenvalue weighted by Crippen LogP contribution is -2.27. The van der Waals surface area contributed by atoms with Crippen LogP contribution in [0.2, 0.25) is 0 Å². The number of aliphatic hydroxyl groups is 1. The predicted molar refractivity (Wildman–Crippen MR) is 95.6 cm³/mol. The van der Waals surface area contributed by atoms with Gasteiger partial charge in [-0.25, -0.2) is 9.37 Å². The van der Waals surface area contributed by atoms with E-state index < -0.39 is 18.0 Å². The maximum Gasteiger partial charge on any atom is 0.275 e. The summed E-state index contributed by atoms with van der Waals surface area (Å²) in [5.41, 5.74) is 0.694. The minimum Gasteiger partial charge on any atom is -0.386 e. The molecule has 6 nitrogen and oxygen atoms in total. The number of nitrogens with zero attached hydrogens (tertiary/aromatic N) is 3. The third-order valence-corrected chi connectivity index (χ3v) is 4.85. The zero-order valence-corrected chi connectivity index (χ0v) is 14.8. The first-order valence-corrected chi connectivity index (χ1v) is 8.94. The highest BCUT2D eigenvalue weighted by Crippen LogP contribution is 2.26. The molecule has 132 valence electrons. The Balaban J connectivity index is 1.89. The largest absolute Gasteiger partial charge is 0.386 e. The maximum atomic E-state index is 13.9. The quantitative estimate of drug-likeness (QED) is 0.705. The molecule has 2 atom stereocenters. The Morgan fingerprint density at radius 2 is 2.12 bits per heavy atom. The van der Waals surface area contributed by atoms with E-state index >= 15 is 0 Å². The molecule has 0 unspecified atom stereocenters. The lowest BCUT2D eigenvalue weighted by Gasteiger charge is -2.23. The van der Waals surface area contributed by atoms with Gasteiger partial charge in [-0.15, -0.1) is 5.10 Å². The molecule has 1 aromatic carbocycles. The van der Waals surface area contributed by atoms with Crippen LogP contribution in [0.5, 0.6) is 0 Å². The highest BCUT2D eigenvalue weighted by Gasteiger charge is 2.23. The number of benzene rings is 1. The average molecular weight is 362 g/mol. The van der Waals surface area contributed by atoms with E-state index in [4.69, 9.17) is 0 Å². The molecule has 3 aromatic rings. The molecule has 25 heavy (non-hydrogen) atoms. The number of fused-ring (bicyclic) bond motifs is 1. The third kappa shape index (κ3) is 3.54. The van der Waals surface area contributed by atoms with Crippen LogP contribution >= 0.6 is 11.3 Å². The minimum atomic E-state index is -1.03. The normalized spacial score (nSPS) is 13.8. The molecule has 0 radical (unpaired) electrons. The van der Waals surface area contributed by atoms with E-state index in [0.29, 0.717) is 28.6 Å². The average Bonchev–Trinajstić information content (AvgIpc) is 3.02. The Kier molecular flexibility index (Phi) is 5.10. The van der Waals surface area contributed by atoms with Crippen LogP contribution in [0.1, 0.15) is 37.6 Å². The third-order valence-electron chi connectivity index (χ3n) is 4.01. The molecule has 0 saturated heterocycles. The Hall–Kier alpha value is -2.32. The second-order valence-electron chi connectivity index (χ2n) is 5.67. The van der Waals surface area contributed by atoms with Crippen molar-refractivity contribution in [3.8, 4) is 0 Å². The van der Waals surface area contributed by atoms with Crippen LogP contribution in [0.25, 0.3) is 4.96 Å². The van der Waals surface area contributed by atoms with Crippen molar-refractivity contribution >= 4 is 21.4 Å². The van der Waals surface area contributed by atoms with Gasteiger partial charge < -0.3 is 10.4 Å². The van der Waals surface area contributed by atoms with Gasteiger partial charge in [0.2, 0.25) is 10.1 Å². The van der Waals surface area contributed by atoms with Crippen molar-refractivity contribution in [1.29, 1.82) is 0 Å². The molecule has 0 aliphatic carbocycles. The fraction of sp³-hybridized carbons (Fsp3) is 0.353. The number of aromatic nitrogens is 3. The van der Waals surface area contributed by atoms with E-state index in [-0.39, 0.29) is 11.1 Å². The highest BCUT2D eigenvalue weighted by atomic mass is 32.1. The van der Waals surface area contributed by atoms with E-state index in [9.17, 15) is 14.3 Å². The first kappa shape index (κ1) is 17.5. The first-order chi connectivity index (χ1) is 12.0. The second kappa shape index (κ2) is 7.28. The smallest absolute Gasteiger partial charge is 0.275 e. The number of nitrogens with one attached hydrogen (secondary N) is 1. The van der Waals surface area contributed by atoms with E-state index in [1.54, 1.807) is 18.2 Å². The van der Waals surface area contributed by atoms with Crippen molar-refractivity contribution in [2.75, 3.05) is 5.32 Å². The summed E-state index contributed by atoms with van der Waals surface area (Å²) >= 11 is 1.23. The summed E-state index contributed by atoms with van der Waals surface area (Å²) in [6, 6.07) is 7.15. The van der Waals surface area contributed by atoms with E-state index in [0.717, 1.165) is 0 Å². The topological polar surface area (TPSA) is 79.5 Å². The van der Waals surface area contributed by atoms with E-state index in [1.807, 2.05) is 13.8 Å². The van der Waals surface area contributed by atoms with Crippen LogP contribution in [-0.4, -0.2) is 25.7 Å². The van der Waals surface area contributed by atoms with Crippen LogP contribution in [0, 0.1) is 5.82 Å². The molecule has 2 heterocycles. The monoisotopic (exact) mass is 362 g/mol. The van der Waals surface area contributed by atoms with Gasteiger partial charge in [0.25, 0.3) is 5.56 Å². The number of aryl methyl sites for hydroxylation is 1. The van der Waals surface area contributed by atoms with Gasteiger partial charge in [-0.1, -0.05) is 43.4 Å². The molecule has 0 aliphatic rings. The second-order valence-corrected chi connectivity index (χ2v) is 6.62. The summed E-state index contributed by atoms with van der Waals surface area (Å²) in [4.78, 5) is 16.9. The van der Waals surface area contributed by atoms with Crippen LogP contribution in [0.4, 0.5) is 9.52 Å². The summed E-state index contributed by atoms with van der Waals surface area (Å²) in [6.45, 7) is 3.81. The van der Waals surface area contributed by atoms with Gasteiger partial charge in [0, 0.05) is 17.3 Å². The van der Waals surface area contributed by atoms with Gasteiger partial charge in [0.15, 0.2) is 0 Å². The predicted octanol–water partition coefficient (Wildman–Crippen LogP) is 2.78. The number of aliphatic hydroxyl groups excluding tert-OH is 1. The lowest BCUT2D eigenvalue weighted by atomic mass is 10.00. The Morgan fingerprint density at radius 3 is 2.80 bits per heavy atom. The Bertz CT molecular complexity index is 940. The zero-order valence-electron chi connectivity index (χ0n) is 13.9. The number of halogens is 1. The van der Waals surface area contributed by atoms with E-state index in [1.165, 1.54) is 28.0 Å². The molecule has 8 heteroatoms. The molecule has 3 rings (SSSR count). The van der Waals surface area contributed by atoms with Gasteiger partial charge in [-0.2, -0.15) is 4.52 Å². The highest BCUT2D eigenvalue weighted by molar-refractivity contribution is 7.20. The van der Waals surface area contributed by atoms with Gasteiger partial charge in [0.05, 0.1) is 6.04 Å². The van der Waals surface area contributed by atoms with Gasteiger partial charge >= 0.3 is 0 Å². The molecule has 0 bridgehead atoms. The van der Waals surface area contributed by atoms with Gasteiger partial charge in [0.1, 0.15) is 11.9 Å². The van der Waals surface area contributed by atoms with Crippen molar-refractivity contribution in [2.45, 2.75) is 38.8 Å². The van der Waals surface area contributed by atoms with Crippen LogP contribution in [0.15, 0.2) is 35.1 Å². The fourth-order valence-electron chi connectivity index (χ4n) is 2.59. The molecule has 0 amide bonds. The van der Waals surface area contributed by atoms with Crippen LogP contribution in [0.3, 0.4) is 0 Å². The SMILES string of the molecule is CCc1cc(=O)n2nc(N[C@@H](CC)[C@H](O)c3ccccc3F)sc2n1. The number of hydrogen-bond donors (Lipinski definition) is 2. The van der Waals surface area contributed by atoms with Crippen LogP contribution < -0.4 is 10.9 Å². The first-order valence-electron chi connectivity index (χ1n) is 8.12. The van der Waals surface area contributed by atoms with Crippen molar-refractivity contribution in [1.82, 2.24) is 14.6 Å². The Morgan fingerprint density at radius 1 is 1.36 bits per heavy atom. The number of anilines is 1. The summed E-state index contributed by atoms with van der Waals surface area (Å²) in [7, 11) is 0. The summed E-state index contributed by atoms with van der Waals surface area (Å²) in [6.07, 6.45) is 0.179. The molecular weight excluding hydrogens is 343 g/mol. The zero-order chi connectivity index (χ0) is 18.0. The van der Waals surface area contributed by atoms with Crippen molar-refractivity contribution in [3.05, 3.63) is 57.8 Å². The van der Waals surface area contributed by atoms with Crippen molar-refractivity contribution in [2.24, 2.45) is 0 Å². The molecule has 2 N–H and O–H groups in total. The number of hydrogen-bond acceptors (Lipinski definition) is 6. The minimum absolute atomic E-state index is 0.228. The summed E-state index contributed by atoms with van der Waals surface area (Å²) < 4.78 is 15.2. The standard InChI is InChI=1S/C17H19FN4O2S/c1-3-10-9-14(23)22-17(19-10)25-16(21-22)20-13(4-2)15(24)11-7-5-6-8-12(11)18/h5-9,13,15,24H,3-4H2,1-2H3,(H,20,21)/t13-,15+/m0/s1. The molecular formula is C17H19FN4O2S. The van der Waals surface area contributed by atoms with E-state index in [2.05, 4.69) is 15.4 Å². The Labute approximate surface area is 148 Å². The van der Waals surface area contributed by atoms with Crippen molar-refractivity contribution in [3.63, 3.8) is 0 Å². The molecule has 0 fully saturated rings. The summed E-state index contributed by atoms with van der Waals surface area (Å²) in [5, 5.41) is 18.3. The molecule has 0 spiro atoms. The molecule has 2 aromatic heterocycles. The lowest BCUT2D eigenvalue weighted by molar-refractivity contribution is 0.148.